The van der Waals surface area contributed by atoms with Gasteiger partial charge in [-0.05, 0) is 32.4 Å². The van der Waals surface area contributed by atoms with Crippen molar-refractivity contribution in [2.24, 2.45) is 5.73 Å². The van der Waals surface area contributed by atoms with E-state index in [0.29, 0.717) is 0 Å². The molecule has 0 aromatic carbocycles. The number of nitrogens with two attached hydrogens (primary N) is 1. The molecular formula is C11H20N2. The smallest absolute Gasteiger partial charge is 0.0988 e. The summed E-state index contributed by atoms with van der Waals surface area (Å²) in [7, 11) is 0. The minimum absolute atomic E-state index is 0.820. The van der Waals surface area contributed by atoms with Crippen molar-refractivity contribution in [3.8, 4) is 0 Å². The molecule has 2 heteroatoms. The summed E-state index contributed by atoms with van der Waals surface area (Å²) in [5, 5.41) is 0. The molecule has 0 fully saturated rings. The topological polar surface area (TPSA) is 29.3 Å². The molecule has 0 spiro atoms. The van der Waals surface area contributed by atoms with Gasteiger partial charge in [0.05, 0.1) is 5.82 Å². The van der Waals surface area contributed by atoms with E-state index in [2.05, 4.69) is 25.3 Å². The van der Waals surface area contributed by atoms with Gasteiger partial charge >= 0.3 is 0 Å². The summed E-state index contributed by atoms with van der Waals surface area (Å²) in [5.41, 5.74) is 7.01. The standard InChI is InChI=1S/C11H20N2/c1-5-8-10(4)9-11(12)13(6-2)7-3/h5,8-9H,1,6-7,12H2,2-4H3/b10-8-,11-9+. The van der Waals surface area contributed by atoms with Crippen LogP contribution in [0.2, 0.25) is 0 Å². The lowest BCUT2D eigenvalue weighted by atomic mass is 10.2. The Hall–Kier alpha value is -1.18. The van der Waals surface area contributed by atoms with Crippen LogP contribution in [-0.2, 0) is 0 Å². The molecule has 74 valence electrons. The van der Waals surface area contributed by atoms with Gasteiger partial charge in [0.1, 0.15) is 0 Å². The van der Waals surface area contributed by atoms with E-state index in [-0.39, 0.29) is 0 Å². The average molecular weight is 180 g/mol. The molecule has 0 amide bonds. The Labute approximate surface area is 81.4 Å². The summed E-state index contributed by atoms with van der Waals surface area (Å²) < 4.78 is 0. The van der Waals surface area contributed by atoms with E-state index in [1.54, 1.807) is 6.08 Å². The highest BCUT2D eigenvalue weighted by molar-refractivity contribution is 5.23. The van der Waals surface area contributed by atoms with Crippen molar-refractivity contribution in [1.29, 1.82) is 0 Å². The molecule has 2 nitrogen and oxygen atoms in total. The summed E-state index contributed by atoms with van der Waals surface area (Å²) in [4.78, 5) is 2.11. The van der Waals surface area contributed by atoms with Crippen molar-refractivity contribution in [1.82, 2.24) is 4.90 Å². The minimum atomic E-state index is 0.820. The molecule has 0 saturated heterocycles. The van der Waals surface area contributed by atoms with E-state index in [0.717, 1.165) is 24.5 Å². The number of hydrogen-bond donors (Lipinski definition) is 1. The monoisotopic (exact) mass is 180 g/mol. The molecule has 0 bridgehead atoms. The SMILES string of the molecule is C=C/C=C(C)\C=C(/N)N(CC)CC. The molecule has 0 saturated carbocycles. The van der Waals surface area contributed by atoms with Gasteiger partial charge in [-0.3, -0.25) is 0 Å². The van der Waals surface area contributed by atoms with Gasteiger partial charge < -0.3 is 10.6 Å². The van der Waals surface area contributed by atoms with Crippen LogP contribution >= 0.6 is 0 Å². The molecule has 0 rings (SSSR count). The van der Waals surface area contributed by atoms with Crippen molar-refractivity contribution in [3.63, 3.8) is 0 Å². The fraction of sp³-hybridized carbons (Fsp3) is 0.455. The molecule has 0 atom stereocenters. The molecular weight excluding hydrogens is 160 g/mol. The van der Waals surface area contributed by atoms with E-state index >= 15 is 0 Å². The Balaban J connectivity index is 4.45. The molecule has 13 heavy (non-hydrogen) atoms. The highest BCUT2D eigenvalue weighted by Gasteiger charge is 1.98. The van der Waals surface area contributed by atoms with Crippen LogP contribution in [0.3, 0.4) is 0 Å². The fourth-order valence-electron chi connectivity index (χ4n) is 1.15. The summed E-state index contributed by atoms with van der Waals surface area (Å²) in [5.74, 6) is 0.820. The molecule has 0 heterocycles. The molecule has 0 aliphatic carbocycles. The third-order valence-corrected chi connectivity index (χ3v) is 1.88. The number of nitrogens with zero attached hydrogens (tertiary/aromatic N) is 1. The highest BCUT2D eigenvalue weighted by atomic mass is 15.2. The lowest BCUT2D eigenvalue weighted by Gasteiger charge is -2.20. The van der Waals surface area contributed by atoms with Crippen LogP contribution in [0, 0.1) is 0 Å². The first kappa shape index (κ1) is 11.8. The molecule has 0 aliphatic rings. The Kier molecular flexibility index (Phi) is 5.77. The third kappa shape index (κ3) is 4.41. The lowest BCUT2D eigenvalue weighted by molar-refractivity contribution is 0.378. The average Bonchev–Trinajstić information content (AvgIpc) is 2.06. The Morgan fingerprint density at radius 1 is 1.38 bits per heavy atom. The largest absolute Gasteiger partial charge is 0.385 e. The van der Waals surface area contributed by atoms with Crippen LogP contribution in [-0.4, -0.2) is 18.0 Å². The van der Waals surface area contributed by atoms with Crippen molar-refractivity contribution < 1.29 is 0 Å². The van der Waals surface area contributed by atoms with Gasteiger partial charge in [0.25, 0.3) is 0 Å². The van der Waals surface area contributed by atoms with Crippen LogP contribution in [0.1, 0.15) is 20.8 Å². The van der Waals surface area contributed by atoms with E-state index in [4.69, 9.17) is 5.73 Å². The summed E-state index contributed by atoms with van der Waals surface area (Å²) in [6.07, 6.45) is 5.67. The molecule has 0 aromatic rings. The maximum absolute atomic E-state index is 5.88. The zero-order valence-corrected chi connectivity index (χ0v) is 8.88. The summed E-state index contributed by atoms with van der Waals surface area (Å²) in [6, 6.07) is 0. The van der Waals surface area contributed by atoms with Gasteiger partial charge in [0, 0.05) is 13.1 Å². The first-order valence-corrected chi connectivity index (χ1v) is 4.67. The molecule has 0 aliphatic heterocycles. The van der Waals surface area contributed by atoms with Gasteiger partial charge in [-0.2, -0.15) is 0 Å². The van der Waals surface area contributed by atoms with Crippen molar-refractivity contribution in [2.45, 2.75) is 20.8 Å². The van der Waals surface area contributed by atoms with Gasteiger partial charge in [-0.1, -0.05) is 18.7 Å². The second-order valence-electron chi connectivity index (χ2n) is 2.89. The van der Waals surface area contributed by atoms with Crippen molar-refractivity contribution >= 4 is 0 Å². The number of hydrogen-bond acceptors (Lipinski definition) is 2. The normalized spacial score (nSPS) is 12.8. The van der Waals surface area contributed by atoms with Gasteiger partial charge in [0.15, 0.2) is 0 Å². The zero-order chi connectivity index (χ0) is 10.3. The number of allylic oxidation sites excluding steroid dienone is 4. The van der Waals surface area contributed by atoms with Gasteiger partial charge in [-0.25, -0.2) is 0 Å². The number of rotatable bonds is 5. The summed E-state index contributed by atoms with van der Waals surface area (Å²) >= 11 is 0. The zero-order valence-electron chi connectivity index (χ0n) is 8.88. The van der Waals surface area contributed by atoms with E-state index in [1.807, 2.05) is 19.1 Å². The van der Waals surface area contributed by atoms with Crippen LogP contribution in [0.25, 0.3) is 0 Å². The second-order valence-corrected chi connectivity index (χ2v) is 2.89. The predicted molar refractivity (Wildman–Crippen MR) is 59.1 cm³/mol. The molecule has 0 aromatic heterocycles. The highest BCUT2D eigenvalue weighted by Crippen LogP contribution is 2.02. The van der Waals surface area contributed by atoms with Crippen molar-refractivity contribution in [3.05, 3.63) is 36.2 Å². The van der Waals surface area contributed by atoms with Crippen LogP contribution < -0.4 is 5.73 Å². The Morgan fingerprint density at radius 2 is 1.92 bits per heavy atom. The minimum Gasteiger partial charge on any atom is -0.385 e. The Bertz CT molecular complexity index is 210. The van der Waals surface area contributed by atoms with Crippen molar-refractivity contribution in [2.75, 3.05) is 13.1 Å². The quantitative estimate of drug-likeness (QED) is 0.658. The fourth-order valence-corrected chi connectivity index (χ4v) is 1.15. The van der Waals surface area contributed by atoms with Crippen LogP contribution in [0.5, 0.6) is 0 Å². The van der Waals surface area contributed by atoms with E-state index < -0.39 is 0 Å². The lowest BCUT2D eigenvalue weighted by Crippen LogP contribution is -2.27. The predicted octanol–water partition coefficient (Wildman–Crippen LogP) is 2.26. The molecule has 0 radical (unpaired) electrons. The van der Waals surface area contributed by atoms with Crippen LogP contribution in [0.4, 0.5) is 0 Å². The Morgan fingerprint density at radius 3 is 2.31 bits per heavy atom. The maximum atomic E-state index is 5.88. The van der Waals surface area contributed by atoms with Gasteiger partial charge in [-0.15, -0.1) is 0 Å². The molecule has 2 N–H and O–H groups in total. The van der Waals surface area contributed by atoms with E-state index in [9.17, 15) is 0 Å². The molecule has 0 unspecified atom stereocenters. The first-order chi connectivity index (χ1) is 6.15. The second kappa shape index (κ2) is 6.35. The summed E-state index contributed by atoms with van der Waals surface area (Å²) in [6.45, 7) is 11.7. The first-order valence-electron chi connectivity index (χ1n) is 4.67. The third-order valence-electron chi connectivity index (χ3n) is 1.88. The van der Waals surface area contributed by atoms with Gasteiger partial charge in [0.2, 0.25) is 0 Å². The van der Waals surface area contributed by atoms with E-state index in [1.165, 1.54) is 0 Å². The maximum Gasteiger partial charge on any atom is 0.0988 e. The van der Waals surface area contributed by atoms with Crippen LogP contribution in [0.15, 0.2) is 36.2 Å².